The van der Waals surface area contributed by atoms with Crippen molar-refractivity contribution in [3.8, 4) is 0 Å². The molecular formula is C13H21BO4. The Morgan fingerprint density at radius 3 is 2.28 bits per heavy atom. The van der Waals surface area contributed by atoms with Gasteiger partial charge in [-0.05, 0) is 17.4 Å². The van der Waals surface area contributed by atoms with Crippen LogP contribution >= 0.6 is 0 Å². The highest BCUT2D eigenvalue weighted by Gasteiger charge is 2.09. The molecule has 0 heterocycles. The molecular weight excluding hydrogens is 231 g/mol. The van der Waals surface area contributed by atoms with Crippen molar-refractivity contribution >= 4 is 12.6 Å². The number of hydrogen-bond acceptors (Lipinski definition) is 4. The van der Waals surface area contributed by atoms with Crippen molar-refractivity contribution in [3.05, 3.63) is 29.8 Å². The first-order valence-corrected chi connectivity index (χ1v) is 6.34. The van der Waals surface area contributed by atoms with Crippen LogP contribution in [-0.4, -0.2) is 37.0 Å². The van der Waals surface area contributed by atoms with E-state index >= 15 is 0 Å². The molecule has 0 radical (unpaired) electrons. The zero-order valence-electron chi connectivity index (χ0n) is 10.8. The third kappa shape index (κ3) is 6.16. The Balaban J connectivity index is 2.12. The van der Waals surface area contributed by atoms with Crippen LogP contribution in [0.2, 0.25) is 0 Å². The molecule has 0 bridgehead atoms. The van der Waals surface area contributed by atoms with Gasteiger partial charge in [0.25, 0.3) is 0 Å². The lowest BCUT2D eigenvalue weighted by atomic mass is 9.80. The van der Waals surface area contributed by atoms with E-state index in [-0.39, 0.29) is 0 Å². The molecule has 1 aromatic carbocycles. The molecule has 100 valence electrons. The van der Waals surface area contributed by atoms with Crippen LogP contribution in [0.1, 0.15) is 25.3 Å². The van der Waals surface area contributed by atoms with Gasteiger partial charge in [-0.2, -0.15) is 0 Å². The Bertz CT molecular complexity index is 313. The van der Waals surface area contributed by atoms with E-state index < -0.39 is 7.12 Å². The number of unbranched alkanes of at least 4 members (excludes halogenated alkanes) is 1. The second-order valence-corrected chi connectivity index (χ2v) is 4.13. The molecule has 0 saturated carbocycles. The zero-order valence-corrected chi connectivity index (χ0v) is 10.8. The van der Waals surface area contributed by atoms with Gasteiger partial charge in [0.15, 0.2) is 0 Å². The van der Waals surface area contributed by atoms with Crippen molar-refractivity contribution in [1.82, 2.24) is 0 Å². The molecule has 1 aromatic rings. The van der Waals surface area contributed by atoms with Gasteiger partial charge in [-0.1, -0.05) is 37.6 Å². The van der Waals surface area contributed by atoms with Crippen molar-refractivity contribution in [2.45, 2.75) is 26.4 Å². The topological polar surface area (TPSA) is 58.9 Å². The molecule has 5 heteroatoms. The van der Waals surface area contributed by atoms with Gasteiger partial charge < -0.3 is 19.5 Å². The van der Waals surface area contributed by atoms with E-state index in [0.717, 1.165) is 25.0 Å². The fraction of sp³-hybridized carbons (Fsp3) is 0.538. The van der Waals surface area contributed by atoms with Gasteiger partial charge in [0.2, 0.25) is 0 Å². The fourth-order valence-electron chi connectivity index (χ4n) is 1.44. The van der Waals surface area contributed by atoms with Crippen LogP contribution in [0.4, 0.5) is 0 Å². The second kappa shape index (κ2) is 9.11. The third-order valence-electron chi connectivity index (χ3n) is 2.56. The average Bonchev–Trinajstić information content (AvgIpc) is 2.38. The van der Waals surface area contributed by atoms with E-state index in [1.807, 2.05) is 12.1 Å². The zero-order chi connectivity index (χ0) is 13.2. The van der Waals surface area contributed by atoms with Gasteiger partial charge in [0, 0.05) is 6.61 Å². The number of benzene rings is 1. The van der Waals surface area contributed by atoms with Crippen LogP contribution in [0.15, 0.2) is 24.3 Å². The lowest BCUT2D eigenvalue weighted by molar-refractivity contribution is 0.0397. The average molecular weight is 252 g/mol. The largest absolute Gasteiger partial charge is 0.488 e. The van der Waals surface area contributed by atoms with Gasteiger partial charge in [-0.3, -0.25) is 0 Å². The molecule has 0 spiro atoms. The van der Waals surface area contributed by atoms with Crippen LogP contribution < -0.4 is 5.46 Å². The van der Waals surface area contributed by atoms with E-state index in [1.54, 1.807) is 12.1 Å². The van der Waals surface area contributed by atoms with Crippen LogP contribution in [0.3, 0.4) is 0 Å². The molecule has 0 saturated heterocycles. The van der Waals surface area contributed by atoms with E-state index in [9.17, 15) is 0 Å². The van der Waals surface area contributed by atoms with E-state index in [0.29, 0.717) is 25.3 Å². The van der Waals surface area contributed by atoms with Gasteiger partial charge >= 0.3 is 7.12 Å². The van der Waals surface area contributed by atoms with Crippen molar-refractivity contribution < 1.29 is 19.5 Å². The molecule has 0 aromatic heterocycles. The summed E-state index contributed by atoms with van der Waals surface area (Å²) in [7, 11) is -1.41. The molecule has 0 fully saturated rings. The van der Waals surface area contributed by atoms with Crippen LogP contribution in [0, 0.1) is 0 Å². The second-order valence-electron chi connectivity index (χ2n) is 4.13. The smallest absolute Gasteiger partial charge is 0.423 e. The Morgan fingerprint density at radius 1 is 1.00 bits per heavy atom. The molecule has 18 heavy (non-hydrogen) atoms. The summed E-state index contributed by atoms with van der Waals surface area (Å²) in [6.07, 6.45) is 2.23. The summed E-state index contributed by atoms with van der Waals surface area (Å²) in [6.45, 7) is 4.64. The number of hydrogen-bond donors (Lipinski definition) is 2. The van der Waals surface area contributed by atoms with Gasteiger partial charge in [-0.25, -0.2) is 0 Å². The predicted octanol–water partition coefficient (Wildman–Crippen LogP) is 0.700. The van der Waals surface area contributed by atoms with Crippen LogP contribution in [0.5, 0.6) is 0 Å². The standard InChI is InChI=1S/C13H21BO4/c1-2-3-8-17-9-10-18-11-12-4-6-13(7-5-12)14(15)16/h4-7,15-16H,2-3,8-11H2,1H3. The summed E-state index contributed by atoms with van der Waals surface area (Å²) < 4.78 is 10.8. The van der Waals surface area contributed by atoms with Gasteiger partial charge in [0.05, 0.1) is 19.8 Å². The van der Waals surface area contributed by atoms with E-state index in [1.165, 1.54) is 0 Å². The summed E-state index contributed by atoms with van der Waals surface area (Å²) in [5.41, 5.74) is 1.50. The highest BCUT2D eigenvalue weighted by Crippen LogP contribution is 2.00. The summed E-state index contributed by atoms with van der Waals surface area (Å²) in [5.74, 6) is 0. The first-order chi connectivity index (χ1) is 8.74. The van der Waals surface area contributed by atoms with E-state index in [2.05, 4.69) is 6.92 Å². The Hall–Kier alpha value is -0.875. The molecule has 0 aliphatic carbocycles. The monoisotopic (exact) mass is 252 g/mol. The summed E-state index contributed by atoms with van der Waals surface area (Å²) in [5, 5.41) is 17.9. The minimum absolute atomic E-state index is 0.488. The Labute approximate surface area is 109 Å². The van der Waals surface area contributed by atoms with Gasteiger partial charge in [-0.15, -0.1) is 0 Å². The van der Waals surface area contributed by atoms with Gasteiger partial charge in [0.1, 0.15) is 0 Å². The lowest BCUT2D eigenvalue weighted by Gasteiger charge is -2.06. The normalized spacial score (nSPS) is 10.6. The van der Waals surface area contributed by atoms with Crippen molar-refractivity contribution in [1.29, 1.82) is 0 Å². The molecule has 2 N–H and O–H groups in total. The number of rotatable bonds is 9. The molecule has 0 amide bonds. The maximum Gasteiger partial charge on any atom is 0.488 e. The van der Waals surface area contributed by atoms with Crippen LogP contribution in [-0.2, 0) is 16.1 Å². The highest BCUT2D eigenvalue weighted by molar-refractivity contribution is 6.58. The molecule has 0 unspecified atom stereocenters. The first kappa shape index (κ1) is 15.2. The first-order valence-electron chi connectivity index (χ1n) is 6.34. The molecule has 4 nitrogen and oxygen atoms in total. The minimum Gasteiger partial charge on any atom is -0.423 e. The Morgan fingerprint density at radius 2 is 1.67 bits per heavy atom. The van der Waals surface area contributed by atoms with Crippen molar-refractivity contribution in [2.24, 2.45) is 0 Å². The molecule has 1 rings (SSSR count). The third-order valence-corrected chi connectivity index (χ3v) is 2.56. The SMILES string of the molecule is CCCCOCCOCc1ccc(B(O)O)cc1. The summed E-state index contributed by atoms with van der Waals surface area (Å²) in [6, 6.07) is 7.02. The minimum atomic E-state index is -1.41. The summed E-state index contributed by atoms with van der Waals surface area (Å²) in [4.78, 5) is 0. The predicted molar refractivity (Wildman–Crippen MR) is 71.7 cm³/mol. The molecule has 0 aliphatic rings. The van der Waals surface area contributed by atoms with Crippen LogP contribution in [0.25, 0.3) is 0 Å². The maximum absolute atomic E-state index is 8.94. The highest BCUT2D eigenvalue weighted by atomic mass is 16.5. The summed E-state index contributed by atoms with van der Waals surface area (Å²) >= 11 is 0. The molecule has 0 aliphatic heterocycles. The Kier molecular flexibility index (Phi) is 7.68. The van der Waals surface area contributed by atoms with Crippen molar-refractivity contribution in [3.63, 3.8) is 0 Å². The lowest BCUT2D eigenvalue weighted by Crippen LogP contribution is -2.29. The van der Waals surface area contributed by atoms with Crippen molar-refractivity contribution in [2.75, 3.05) is 19.8 Å². The molecule has 0 atom stereocenters. The van der Waals surface area contributed by atoms with E-state index in [4.69, 9.17) is 19.5 Å². The maximum atomic E-state index is 8.94. The number of ether oxygens (including phenoxy) is 2. The fourth-order valence-corrected chi connectivity index (χ4v) is 1.44. The quantitative estimate of drug-likeness (QED) is 0.501.